The first-order chi connectivity index (χ1) is 7.55. The van der Waals surface area contributed by atoms with Crippen molar-refractivity contribution in [3.05, 3.63) is 35.4 Å². The van der Waals surface area contributed by atoms with Gasteiger partial charge in [-0.15, -0.1) is 0 Å². The molecule has 0 unspecified atom stereocenters. The second kappa shape index (κ2) is 4.19. The molecule has 1 aliphatic heterocycles. The predicted molar refractivity (Wildman–Crippen MR) is 66.3 cm³/mol. The summed E-state index contributed by atoms with van der Waals surface area (Å²) in [6.45, 7) is 8.07. The number of hydrogen-bond donors (Lipinski definition) is 2. The Labute approximate surface area is 97.7 Å². The van der Waals surface area contributed by atoms with E-state index in [1.807, 2.05) is 0 Å². The predicted octanol–water partition coefficient (Wildman–Crippen LogP) is 2.06. The van der Waals surface area contributed by atoms with Crippen LogP contribution >= 0.6 is 0 Å². The molecule has 1 aliphatic rings. The topological polar surface area (TPSA) is 32.3 Å². The molecule has 1 heterocycles. The minimum absolute atomic E-state index is 0.249. The van der Waals surface area contributed by atoms with Gasteiger partial charge in [0.15, 0.2) is 0 Å². The maximum absolute atomic E-state index is 10.9. The van der Waals surface area contributed by atoms with Crippen LogP contribution in [0.25, 0.3) is 0 Å². The summed E-state index contributed by atoms with van der Waals surface area (Å²) in [6, 6.07) is 8.28. The largest absolute Gasteiger partial charge is 0.385 e. The van der Waals surface area contributed by atoms with Gasteiger partial charge in [-0.2, -0.15) is 0 Å². The first kappa shape index (κ1) is 11.6. The van der Waals surface area contributed by atoms with E-state index in [0.717, 1.165) is 18.7 Å². The summed E-state index contributed by atoms with van der Waals surface area (Å²) in [7, 11) is 0. The van der Waals surface area contributed by atoms with Gasteiger partial charge in [-0.3, -0.25) is 0 Å². The van der Waals surface area contributed by atoms with Gasteiger partial charge in [0.25, 0.3) is 0 Å². The highest BCUT2D eigenvalue weighted by atomic mass is 16.3. The maximum atomic E-state index is 10.9. The molecule has 88 valence electrons. The molecule has 0 spiro atoms. The van der Waals surface area contributed by atoms with E-state index in [1.165, 1.54) is 5.56 Å². The fourth-order valence-corrected chi connectivity index (χ4v) is 2.70. The van der Waals surface area contributed by atoms with Crippen molar-refractivity contribution in [2.45, 2.75) is 26.4 Å². The summed E-state index contributed by atoms with van der Waals surface area (Å²) in [4.78, 5) is 0. The second-order valence-electron chi connectivity index (χ2n) is 5.15. The van der Waals surface area contributed by atoms with Crippen molar-refractivity contribution in [2.75, 3.05) is 13.1 Å². The molecule has 16 heavy (non-hydrogen) atoms. The molecule has 1 aromatic carbocycles. The zero-order valence-corrected chi connectivity index (χ0v) is 10.3. The third-order valence-corrected chi connectivity index (χ3v) is 3.92. The summed E-state index contributed by atoms with van der Waals surface area (Å²) in [5.74, 6) is 0.498. The Bertz CT molecular complexity index is 348. The van der Waals surface area contributed by atoms with Crippen LogP contribution in [0.4, 0.5) is 0 Å². The Balaban J connectivity index is 2.38. The summed E-state index contributed by atoms with van der Waals surface area (Å²) in [5, 5.41) is 14.3. The molecule has 0 amide bonds. The zero-order chi connectivity index (χ0) is 11.8. The van der Waals surface area contributed by atoms with Gasteiger partial charge in [-0.1, -0.05) is 43.7 Å². The van der Waals surface area contributed by atoms with E-state index in [1.54, 1.807) is 0 Å². The number of rotatable bonds is 1. The molecular weight excluding hydrogens is 198 g/mol. The molecule has 1 saturated heterocycles. The summed E-state index contributed by atoms with van der Waals surface area (Å²) in [5.41, 5.74) is 1.61. The summed E-state index contributed by atoms with van der Waals surface area (Å²) >= 11 is 0. The highest BCUT2D eigenvalue weighted by Gasteiger charge is 2.43. The van der Waals surface area contributed by atoms with Crippen LogP contribution in [0.2, 0.25) is 0 Å². The van der Waals surface area contributed by atoms with E-state index in [0.29, 0.717) is 0 Å². The normalized spacial score (nSPS) is 35.0. The molecule has 2 N–H and O–H groups in total. The molecule has 1 aromatic rings. The van der Waals surface area contributed by atoms with Gasteiger partial charge in [-0.25, -0.2) is 0 Å². The van der Waals surface area contributed by atoms with E-state index in [4.69, 9.17) is 0 Å². The second-order valence-corrected chi connectivity index (χ2v) is 5.15. The first-order valence-corrected chi connectivity index (χ1v) is 6.05. The standard InChI is InChI=1S/C14H21NO/c1-10-4-6-13(7-5-10)14(16)11(2)8-15-9-12(14)3/h4-7,11-12,15-16H,8-9H2,1-3H3/t11-,12+,14-. The van der Waals surface area contributed by atoms with Gasteiger partial charge in [0.2, 0.25) is 0 Å². The SMILES string of the molecule is Cc1ccc([C@@]2(O)[C@H](C)CNC[C@@H]2C)cc1. The average molecular weight is 219 g/mol. The number of aliphatic hydroxyl groups is 1. The van der Waals surface area contributed by atoms with Crippen LogP contribution in [-0.2, 0) is 5.60 Å². The lowest BCUT2D eigenvalue weighted by molar-refractivity contribution is -0.0806. The van der Waals surface area contributed by atoms with Crippen molar-refractivity contribution in [1.29, 1.82) is 0 Å². The lowest BCUT2D eigenvalue weighted by Gasteiger charge is -2.44. The van der Waals surface area contributed by atoms with Crippen molar-refractivity contribution in [3.8, 4) is 0 Å². The molecule has 1 fully saturated rings. The van der Waals surface area contributed by atoms with E-state index in [9.17, 15) is 5.11 Å². The molecular formula is C14H21NO. The van der Waals surface area contributed by atoms with Gasteiger partial charge < -0.3 is 10.4 Å². The Kier molecular flexibility index (Phi) is 3.04. The fraction of sp³-hybridized carbons (Fsp3) is 0.571. The smallest absolute Gasteiger partial charge is 0.0971 e. The van der Waals surface area contributed by atoms with Crippen LogP contribution in [0.3, 0.4) is 0 Å². The number of aryl methyl sites for hydroxylation is 1. The maximum Gasteiger partial charge on any atom is 0.0971 e. The molecule has 0 saturated carbocycles. The van der Waals surface area contributed by atoms with Crippen LogP contribution in [0.5, 0.6) is 0 Å². The fourth-order valence-electron chi connectivity index (χ4n) is 2.70. The summed E-state index contributed by atoms with van der Waals surface area (Å²) in [6.07, 6.45) is 0. The lowest BCUT2D eigenvalue weighted by Crippen LogP contribution is -2.52. The van der Waals surface area contributed by atoms with Crippen molar-refractivity contribution in [2.24, 2.45) is 11.8 Å². The summed E-state index contributed by atoms with van der Waals surface area (Å²) < 4.78 is 0. The Morgan fingerprint density at radius 2 is 1.62 bits per heavy atom. The average Bonchev–Trinajstić information content (AvgIpc) is 2.27. The van der Waals surface area contributed by atoms with Crippen LogP contribution in [0, 0.1) is 18.8 Å². The molecule has 2 heteroatoms. The van der Waals surface area contributed by atoms with E-state index < -0.39 is 5.60 Å². The monoisotopic (exact) mass is 219 g/mol. The molecule has 2 nitrogen and oxygen atoms in total. The van der Waals surface area contributed by atoms with Gasteiger partial charge in [0.05, 0.1) is 5.60 Å². The third-order valence-electron chi connectivity index (χ3n) is 3.92. The Morgan fingerprint density at radius 3 is 2.12 bits per heavy atom. The Hall–Kier alpha value is -0.860. The van der Waals surface area contributed by atoms with Crippen LogP contribution in [-0.4, -0.2) is 18.2 Å². The van der Waals surface area contributed by atoms with E-state index in [2.05, 4.69) is 50.4 Å². The van der Waals surface area contributed by atoms with Crippen LogP contribution < -0.4 is 5.32 Å². The number of hydrogen-bond acceptors (Lipinski definition) is 2. The zero-order valence-electron chi connectivity index (χ0n) is 10.3. The van der Waals surface area contributed by atoms with Crippen LogP contribution in [0.15, 0.2) is 24.3 Å². The van der Waals surface area contributed by atoms with Crippen LogP contribution in [0.1, 0.15) is 25.0 Å². The highest BCUT2D eigenvalue weighted by molar-refractivity contribution is 5.28. The van der Waals surface area contributed by atoms with Crippen molar-refractivity contribution in [1.82, 2.24) is 5.32 Å². The highest BCUT2D eigenvalue weighted by Crippen LogP contribution is 2.38. The molecule has 0 bridgehead atoms. The number of piperidine rings is 1. The number of nitrogens with one attached hydrogen (secondary N) is 1. The number of benzene rings is 1. The lowest BCUT2D eigenvalue weighted by atomic mass is 9.71. The van der Waals surface area contributed by atoms with Gasteiger partial charge >= 0.3 is 0 Å². The van der Waals surface area contributed by atoms with Crippen molar-refractivity contribution < 1.29 is 5.11 Å². The molecule has 3 atom stereocenters. The molecule has 2 rings (SSSR count). The molecule has 0 radical (unpaired) electrons. The first-order valence-electron chi connectivity index (χ1n) is 6.05. The van der Waals surface area contributed by atoms with E-state index >= 15 is 0 Å². The minimum Gasteiger partial charge on any atom is -0.385 e. The Morgan fingerprint density at radius 1 is 1.12 bits per heavy atom. The van der Waals surface area contributed by atoms with Gasteiger partial charge in [0, 0.05) is 24.9 Å². The van der Waals surface area contributed by atoms with Gasteiger partial charge in [0.1, 0.15) is 0 Å². The minimum atomic E-state index is -0.682. The van der Waals surface area contributed by atoms with Crippen molar-refractivity contribution in [3.63, 3.8) is 0 Å². The quantitative estimate of drug-likeness (QED) is 0.757. The van der Waals surface area contributed by atoms with Crippen molar-refractivity contribution >= 4 is 0 Å². The molecule has 0 aliphatic carbocycles. The molecule has 0 aromatic heterocycles. The van der Waals surface area contributed by atoms with Gasteiger partial charge in [-0.05, 0) is 12.5 Å². The van der Waals surface area contributed by atoms with E-state index in [-0.39, 0.29) is 11.8 Å². The third kappa shape index (κ3) is 1.76.